The van der Waals surface area contributed by atoms with Gasteiger partial charge < -0.3 is 15.2 Å². The minimum absolute atomic E-state index is 0.0222. The van der Waals surface area contributed by atoms with E-state index in [1.54, 1.807) is 30.3 Å². The van der Waals surface area contributed by atoms with Gasteiger partial charge >= 0.3 is 0 Å². The third-order valence-electron chi connectivity index (χ3n) is 10.5. The van der Waals surface area contributed by atoms with E-state index in [1.807, 2.05) is 0 Å². The maximum Gasteiger partial charge on any atom is 0.296 e. The highest BCUT2D eigenvalue weighted by Crippen LogP contribution is 2.44. The molecule has 0 atom stereocenters. The minimum Gasteiger partial charge on any atom is -0.505 e. The molecule has 0 unspecified atom stereocenters. The summed E-state index contributed by atoms with van der Waals surface area (Å²) in [5.74, 6) is -0.0996. The van der Waals surface area contributed by atoms with Gasteiger partial charge in [-0.15, -0.1) is 30.7 Å². The lowest BCUT2D eigenvalue weighted by Gasteiger charge is -2.12. The second-order valence-corrected chi connectivity index (χ2v) is 22.1. The van der Waals surface area contributed by atoms with Crippen LogP contribution in [0.2, 0.25) is 0 Å². The molecule has 0 saturated heterocycles. The number of nitrogens with zero attached hydrogens (tertiary/aromatic N) is 6. The van der Waals surface area contributed by atoms with Crippen molar-refractivity contribution in [2.45, 2.75) is 24.5 Å². The van der Waals surface area contributed by atoms with Gasteiger partial charge in [0.05, 0.1) is 44.5 Å². The number of phenolic OH excluding ortho intramolecular Hbond substituents is 1. The monoisotopic (exact) mass is 1080 g/mol. The number of nitrogens with one attached hydrogen (secondary N) is 1. The minimum atomic E-state index is -5.15. The topological polar surface area (TPSA) is 388 Å². The highest BCUT2D eigenvalue weighted by molar-refractivity contribution is 7.87. The summed E-state index contributed by atoms with van der Waals surface area (Å²) < 4.78 is 176. The summed E-state index contributed by atoms with van der Waals surface area (Å²) in [7, 11) is -23.4. The van der Waals surface area contributed by atoms with Crippen molar-refractivity contribution < 1.29 is 74.7 Å². The Morgan fingerprint density at radius 2 is 0.792 bits per heavy atom. The standard InChI is InChI=1S/C43H31N7O17S5/c1-67-26-5-2-24(3-6-26)44-25-4-10-30-23(18-25)19-41(72(64,65)66)42(43(30)51)50-48-38-17-15-35(32-12-8-28(21-34(32)38)69(55,56)57)45-47-37-16-14-36(31-11-7-27(20-33(31)37)68(52,53)54)46-49-39-13-9-29(70(58,59)60)22-40(39)71(61,62)63/h2-22,44,51H,1H3,(H,52,53,54)(H,55,56,57)(H,58,59,60)(H,61,62,63)(H,64,65,66). The first-order valence-electron chi connectivity index (χ1n) is 19.8. The quantitative estimate of drug-likeness (QED) is 0.0393. The molecule has 72 heavy (non-hydrogen) atoms. The third kappa shape index (κ3) is 10.8. The first kappa shape index (κ1) is 50.7. The van der Waals surface area contributed by atoms with Crippen molar-refractivity contribution in [1.29, 1.82) is 0 Å². The molecular weight excluding hydrogens is 1050 g/mol. The van der Waals surface area contributed by atoms with E-state index in [9.17, 15) is 70.0 Å². The van der Waals surface area contributed by atoms with E-state index in [-0.39, 0.29) is 55.1 Å². The molecule has 0 radical (unpaired) electrons. The highest BCUT2D eigenvalue weighted by atomic mass is 32.2. The average molecular weight is 1080 g/mol. The lowest BCUT2D eigenvalue weighted by Crippen LogP contribution is -2.03. The normalized spacial score (nSPS) is 13.0. The molecule has 8 aromatic carbocycles. The Balaban J connectivity index is 1.20. The van der Waals surface area contributed by atoms with Gasteiger partial charge in [0.25, 0.3) is 50.6 Å². The van der Waals surface area contributed by atoms with Crippen LogP contribution in [0.1, 0.15) is 0 Å². The van der Waals surface area contributed by atoms with Gasteiger partial charge in [-0.2, -0.15) is 42.1 Å². The smallest absolute Gasteiger partial charge is 0.296 e. The number of methoxy groups -OCH3 is 1. The Morgan fingerprint density at radius 1 is 0.389 bits per heavy atom. The Labute approximate surface area is 407 Å². The molecule has 8 aromatic rings. The van der Waals surface area contributed by atoms with Gasteiger partial charge in [0, 0.05) is 38.3 Å². The number of ether oxygens (including phenoxy) is 1. The molecule has 24 nitrogen and oxygen atoms in total. The molecule has 0 bridgehead atoms. The molecule has 0 amide bonds. The molecular formula is C43H31N7O17S5. The zero-order valence-corrected chi connectivity index (χ0v) is 40.1. The van der Waals surface area contributed by atoms with Crippen molar-refractivity contribution in [3.05, 3.63) is 127 Å². The van der Waals surface area contributed by atoms with Crippen LogP contribution in [0.5, 0.6) is 11.5 Å². The van der Waals surface area contributed by atoms with Crippen molar-refractivity contribution in [2.75, 3.05) is 12.4 Å². The van der Waals surface area contributed by atoms with Crippen molar-refractivity contribution in [3.8, 4) is 11.5 Å². The number of phenols is 1. The third-order valence-corrected chi connectivity index (χ3v) is 14.8. The van der Waals surface area contributed by atoms with Gasteiger partial charge in [-0.25, -0.2) is 0 Å². The number of anilines is 2. The van der Waals surface area contributed by atoms with E-state index >= 15 is 0 Å². The summed E-state index contributed by atoms with van der Waals surface area (Å²) in [4.78, 5) is -4.02. The number of benzene rings is 8. The molecule has 0 aromatic heterocycles. The molecule has 0 saturated carbocycles. The van der Waals surface area contributed by atoms with Crippen LogP contribution in [-0.2, 0) is 50.6 Å². The van der Waals surface area contributed by atoms with Crippen LogP contribution < -0.4 is 10.1 Å². The molecule has 0 aliphatic heterocycles. The van der Waals surface area contributed by atoms with Crippen LogP contribution in [0.25, 0.3) is 32.3 Å². The Morgan fingerprint density at radius 3 is 1.26 bits per heavy atom. The molecule has 8 rings (SSSR count). The fourth-order valence-electron chi connectivity index (χ4n) is 7.09. The van der Waals surface area contributed by atoms with E-state index in [0.29, 0.717) is 23.2 Å². The lowest BCUT2D eigenvalue weighted by molar-refractivity contribution is 0.415. The van der Waals surface area contributed by atoms with E-state index in [4.69, 9.17) is 4.74 Å². The second-order valence-electron chi connectivity index (χ2n) is 15.1. The molecule has 370 valence electrons. The summed E-state index contributed by atoms with van der Waals surface area (Å²) in [5.41, 5.74) is -0.550. The number of aromatic hydroxyl groups is 1. The molecule has 0 aliphatic carbocycles. The average Bonchev–Trinajstić information content (AvgIpc) is 3.31. The van der Waals surface area contributed by atoms with Crippen LogP contribution in [0.15, 0.2) is 183 Å². The zero-order chi connectivity index (χ0) is 52.1. The summed E-state index contributed by atoms with van der Waals surface area (Å²) in [6.45, 7) is 0. The Kier molecular flexibility index (Phi) is 13.2. The fourth-order valence-corrected chi connectivity index (χ4v) is 9.99. The highest BCUT2D eigenvalue weighted by Gasteiger charge is 2.24. The van der Waals surface area contributed by atoms with Gasteiger partial charge in [0.15, 0.2) is 5.75 Å². The number of hydrogen-bond acceptors (Lipinski definition) is 19. The number of hydrogen-bond donors (Lipinski definition) is 7. The van der Waals surface area contributed by atoms with Crippen molar-refractivity contribution in [1.82, 2.24) is 0 Å². The molecule has 0 heterocycles. The van der Waals surface area contributed by atoms with Crippen molar-refractivity contribution >= 4 is 128 Å². The molecule has 0 fully saturated rings. The zero-order valence-electron chi connectivity index (χ0n) is 36.0. The van der Waals surface area contributed by atoms with Crippen molar-refractivity contribution in [2.24, 2.45) is 30.7 Å². The maximum atomic E-state index is 12.7. The largest absolute Gasteiger partial charge is 0.505 e. The van der Waals surface area contributed by atoms with Gasteiger partial charge in [-0.3, -0.25) is 22.8 Å². The lowest BCUT2D eigenvalue weighted by atomic mass is 10.1. The van der Waals surface area contributed by atoms with Gasteiger partial charge in [0.1, 0.15) is 26.9 Å². The first-order chi connectivity index (χ1) is 33.7. The van der Waals surface area contributed by atoms with Gasteiger partial charge in [0.2, 0.25) is 0 Å². The Hall–Kier alpha value is -7.71. The fraction of sp³-hybridized carbons (Fsp3) is 0.0233. The molecule has 0 aliphatic rings. The predicted octanol–water partition coefficient (Wildman–Crippen LogP) is 10.1. The predicted molar refractivity (Wildman–Crippen MR) is 258 cm³/mol. The van der Waals surface area contributed by atoms with E-state index in [1.165, 1.54) is 55.6 Å². The second kappa shape index (κ2) is 18.8. The van der Waals surface area contributed by atoms with Crippen LogP contribution in [0, 0.1) is 0 Å². The molecule has 7 N–H and O–H groups in total. The first-order valence-corrected chi connectivity index (χ1v) is 27.0. The van der Waals surface area contributed by atoms with Crippen LogP contribution in [0.4, 0.5) is 45.5 Å². The number of azo groups is 3. The molecule has 0 spiro atoms. The van der Waals surface area contributed by atoms with Gasteiger partial charge in [-0.05, 0) is 121 Å². The summed E-state index contributed by atoms with van der Waals surface area (Å²) in [6, 6.07) is 26.0. The number of fused-ring (bicyclic) bond motifs is 3. The SMILES string of the molecule is COc1ccc(Nc2ccc3c(O)c(N=Nc4ccc(N=Nc5ccc(N=Nc6ccc(S(=O)(=O)O)cc6S(=O)(=O)O)c6ccc(S(=O)(=O)O)cc56)c5ccc(S(=O)(=O)O)cc45)c(S(=O)(=O)O)cc3c2)cc1. The van der Waals surface area contributed by atoms with Crippen LogP contribution in [0.3, 0.4) is 0 Å². The van der Waals surface area contributed by atoms with Crippen LogP contribution >= 0.6 is 0 Å². The molecule has 29 heteroatoms. The number of rotatable bonds is 14. The van der Waals surface area contributed by atoms with E-state index < -0.39 is 92.2 Å². The van der Waals surface area contributed by atoms with E-state index in [2.05, 4.69) is 36.0 Å². The summed E-state index contributed by atoms with van der Waals surface area (Å²) in [6.07, 6.45) is 0. The maximum absolute atomic E-state index is 12.7. The van der Waals surface area contributed by atoms with Gasteiger partial charge in [-0.1, -0.05) is 12.1 Å². The van der Waals surface area contributed by atoms with Crippen LogP contribution in [-0.4, -0.2) is 77.1 Å². The van der Waals surface area contributed by atoms with E-state index in [0.717, 1.165) is 42.5 Å². The summed E-state index contributed by atoms with van der Waals surface area (Å²) in [5, 5.41) is 39.2. The Bertz CT molecular complexity index is 4270. The van der Waals surface area contributed by atoms with Crippen molar-refractivity contribution in [3.63, 3.8) is 0 Å². The summed E-state index contributed by atoms with van der Waals surface area (Å²) >= 11 is 0.